The van der Waals surface area contributed by atoms with Crippen molar-refractivity contribution in [3.8, 4) is 11.6 Å². The molecule has 4 N–H and O–H groups in total. The van der Waals surface area contributed by atoms with Gasteiger partial charge in [0.1, 0.15) is 11.6 Å². The zero-order chi connectivity index (χ0) is 19.6. The molecule has 1 aromatic heterocycles. The highest BCUT2D eigenvalue weighted by Gasteiger charge is 2.23. The number of hydrogen-bond donors (Lipinski definition) is 2. The minimum absolute atomic E-state index is 0.0467. The molecule has 0 bridgehead atoms. The largest absolute Gasteiger partial charge is 0.497 e. The number of ether oxygens (including phenoxy) is 2. The van der Waals surface area contributed by atoms with E-state index in [1.54, 1.807) is 0 Å². The van der Waals surface area contributed by atoms with Crippen LogP contribution in [0.4, 0.5) is 11.5 Å². The normalized spacial score (nSPS) is 11.1. The SMILES string of the molecule is COc1ccc(S(=O)(=O)n2nc(OC(=O)c3ccc(N)cc3)cc2N)cc1. The van der Waals surface area contributed by atoms with E-state index in [4.69, 9.17) is 20.9 Å². The maximum atomic E-state index is 12.7. The van der Waals surface area contributed by atoms with E-state index in [1.807, 2.05) is 0 Å². The average molecular weight is 388 g/mol. The summed E-state index contributed by atoms with van der Waals surface area (Å²) in [5.41, 5.74) is 12.0. The Morgan fingerprint density at radius 2 is 1.67 bits per heavy atom. The average Bonchev–Trinajstić information content (AvgIpc) is 3.03. The van der Waals surface area contributed by atoms with Crippen molar-refractivity contribution in [2.24, 2.45) is 0 Å². The zero-order valence-corrected chi connectivity index (χ0v) is 15.0. The highest BCUT2D eigenvalue weighted by Crippen LogP contribution is 2.23. The van der Waals surface area contributed by atoms with E-state index in [2.05, 4.69) is 5.10 Å². The molecule has 0 spiro atoms. The lowest BCUT2D eigenvalue weighted by atomic mass is 10.2. The van der Waals surface area contributed by atoms with Crippen LogP contribution >= 0.6 is 0 Å². The first-order valence-corrected chi connectivity index (χ1v) is 9.08. The van der Waals surface area contributed by atoms with E-state index < -0.39 is 16.0 Å². The molecular weight excluding hydrogens is 372 g/mol. The second-order valence-electron chi connectivity index (χ2n) is 5.44. The quantitative estimate of drug-likeness (QED) is 0.495. The number of nitrogens with two attached hydrogens (primary N) is 2. The fourth-order valence-corrected chi connectivity index (χ4v) is 3.42. The summed E-state index contributed by atoms with van der Waals surface area (Å²) < 4.78 is 36.1. The summed E-state index contributed by atoms with van der Waals surface area (Å²) in [5, 5.41) is 3.79. The molecule has 0 saturated heterocycles. The van der Waals surface area contributed by atoms with E-state index in [0.717, 1.165) is 6.07 Å². The smallest absolute Gasteiger partial charge is 0.344 e. The van der Waals surface area contributed by atoms with Crippen molar-refractivity contribution in [3.63, 3.8) is 0 Å². The molecule has 10 heteroatoms. The number of methoxy groups -OCH3 is 1. The number of aromatic nitrogens is 2. The first kappa shape index (κ1) is 18.3. The fraction of sp³-hybridized carbons (Fsp3) is 0.0588. The van der Waals surface area contributed by atoms with Crippen LogP contribution in [0.2, 0.25) is 0 Å². The van der Waals surface area contributed by atoms with Crippen molar-refractivity contribution in [3.05, 3.63) is 60.2 Å². The van der Waals surface area contributed by atoms with Gasteiger partial charge in [-0.1, -0.05) is 0 Å². The highest BCUT2D eigenvalue weighted by atomic mass is 32.2. The Hall–Kier alpha value is -3.53. The Balaban J connectivity index is 1.86. The van der Waals surface area contributed by atoms with Crippen molar-refractivity contribution in [1.29, 1.82) is 0 Å². The molecule has 3 aromatic rings. The lowest BCUT2D eigenvalue weighted by Crippen LogP contribution is -2.17. The van der Waals surface area contributed by atoms with Crippen LogP contribution in [0.1, 0.15) is 10.4 Å². The maximum absolute atomic E-state index is 12.7. The van der Waals surface area contributed by atoms with Gasteiger partial charge in [0.2, 0.25) is 5.88 Å². The summed E-state index contributed by atoms with van der Waals surface area (Å²) in [5.74, 6) is -0.667. The van der Waals surface area contributed by atoms with Gasteiger partial charge >= 0.3 is 5.97 Å². The summed E-state index contributed by atoms with van der Waals surface area (Å²) in [6.45, 7) is 0. The Bertz CT molecular complexity index is 1070. The first-order valence-electron chi connectivity index (χ1n) is 7.64. The first-order chi connectivity index (χ1) is 12.8. The van der Waals surface area contributed by atoms with Crippen molar-refractivity contribution < 1.29 is 22.7 Å². The van der Waals surface area contributed by atoms with Gasteiger partial charge in [0.15, 0.2) is 0 Å². The topological polar surface area (TPSA) is 140 Å². The van der Waals surface area contributed by atoms with E-state index in [9.17, 15) is 13.2 Å². The molecule has 9 nitrogen and oxygen atoms in total. The number of rotatable bonds is 5. The number of esters is 1. The van der Waals surface area contributed by atoms with Gasteiger partial charge in [0, 0.05) is 11.8 Å². The highest BCUT2D eigenvalue weighted by molar-refractivity contribution is 7.90. The van der Waals surface area contributed by atoms with Crippen LogP contribution < -0.4 is 20.9 Å². The van der Waals surface area contributed by atoms with Crippen LogP contribution in [0, 0.1) is 0 Å². The van der Waals surface area contributed by atoms with Crippen molar-refractivity contribution >= 4 is 27.5 Å². The zero-order valence-electron chi connectivity index (χ0n) is 14.2. The molecule has 0 radical (unpaired) electrons. The minimum atomic E-state index is -4.06. The van der Waals surface area contributed by atoms with Crippen LogP contribution in [-0.4, -0.2) is 30.7 Å². The van der Waals surface area contributed by atoms with E-state index in [0.29, 0.717) is 15.5 Å². The fourth-order valence-electron chi connectivity index (χ4n) is 2.22. The standard InChI is InChI=1S/C17H16N4O5S/c1-25-13-6-8-14(9-7-13)27(23,24)21-15(19)10-16(20-21)26-17(22)11-2-4-12(18)5-3-11/h2-10H,18-19H2,1H3. The molecule has 0 fully saturated rings. The number of anilines is 2. The van der Waals surface area contributed by atoms with E-state index in [-0.39, 0.29) is 22.2 Å². The molecule has 27 heavy (non-hydrogen) atoms. The van der Waals surface area contributed by atoms with Gasteiger partial charge < -0.3 is 20.9 Å². The summed E-state index contributed by atoms with van der Waals surface area (Å²) in [4.78, 5) is 12.1. The van der Waals surface area contributed by atoms with Crippen LogP contribution in [-0.2, 0) is 10.0 Å². The molecule has 0 amide bonds. The number of carbonyl (C=O) groups excluding carboxylic acids is 1. The molecule has 0 unspecified atom stereocenters. The van der Waals surface area contributed by atoms with Crippen LogP contribution in [0.15, 0.2) is 59.5 Å². The minimum Gasteiger partial charge on any atom is -0.497 e. The Morgan fingerprint density at radius 1 is 1.04 bits per heavy atom. The van der Waals surface area contributed by atoms with Gasteiger partial charge in [0.05, 0.1) is 17.6 Å². The summed E-state index contributed by atoms with van der Waals surface area (Å²) >= 11 is 0. The lowest BCUT2D eigenvalue weighted by molar-refractivity contribution is 0.0727. The lowest BCUT2D eigenvalue weighted by Gasteiger charge is -2.07. The van der Waals surface area contributed by atoms with Crippen LogP contribution in [0.25, 0.3) is 0 Å². The molecule has 1 heterocycles. The molecule has 140 valence electrons. The Kier molecular flexibility index (Phi) is 4.74. The molecular formula is C17H16N4O5S. The third kappa shape index (κ3) is 3.70. The molecule has 0 aliphatic carbocycles. The number of carbonyl (C=O) groups is 1. The van der Waals surface area contributed by atoms with E-state index >= 15 is 0 Å². The molecule has 0 aliphatic rings. The van der Waals surface area contributed by atoms with Crippen molar-refractivity contribution in [1.82, 2.24) is 9.19 Å². The molecule has 2 aromatic carbocycles. The van der Waals surface area contributed by atoms with E-state index in [1.165, 1.54) is 55.6 Å². The molecule has 3 rings (SSSR count). The van der Waals surface area contributed by atoms with Gasteiger partial charge in [0.25, 0.3) is 10.0 Å². The van der Waals surface area contributed by atoms with Crippen molar-refractivity contribution in [2.75, 3.05) is 18.6 Å². The summed E-state index contributed by atoms with van der Waals surface area (Å²) in [6, 6.07) is 12.9. The van der Waals surface area contributed by atoms with Crippen LogP contribution in [0.5, 0.6) is 11.6 Å². The van der Waals surface area contributed by atoms with Gasteiger partial charge in [-0.25, -0.2) is 4.79 Å². The number of nitrogen functional groups attached to an aromatic ring is 2. The predicted molar refractivity (Wildman–Crippen MR) is 98.0 cm³/mol. The maximum Gasteiger partial charge on any atom is 0.344 e. The third-order valence-corrected chi connectivity index (χ3v) is 5.23. The number of nitrogens with zero attached hydrogens (tertiary/aromatic N) is 2. The monoisotopic (exact) mass is 388 g/mol. The Labute approximate surface area is 155 Å². The molecule has 0 atom stereocenters. The third-order valence-electron chi connectivity index (χ3n) is 3.61. The number of benzene rings is 2. The summed E-state index contributed by atoms with van der Waals surface area (Å²) in [7, 11) is -2.59. The molecule has 0 aliphatic heterocycles. The van der Waals surface area contributed by atoms with Gasteiger partial charge in [-0.2, -0.15) is 8.42 Å². The van der Waals surface area contributed by atoms with Gasteiger partial charge in [-0.3, -0.25) is 0 Å². The second kappa shape index (κ2) is 7.00. The summed E-state index contributed by atoms with van der Waals surface area (Å²) in [6.07, 6.45) is 0. The van der Waals surface area contributed by atoms with Gasteiger partial charge in [-0.15, -0.1) is 9.19 Å². The van der Waals surface area contributed by atoms with Gasteiger partial charge in [-0.05, 0) is 48.5 Å². The van der Waals surface area contributed by atoms with Crippen LogP contribution in [0.3, 0.4) is 0 Å². The Morgan fingerprint density at radius 3 is 2.26 bits per heavy atom. The second-order valence-corrected chi connectivity index (χ2v) is 7.21. The predicted octanol–water partition coefficient (Wildman–Crippen LogP) is 1.51. The number of hydrogen-bond acceptors (Lipinski definition) is 8. The molecule has 0 saturated carbocycles. The van der Waals surface area contributed by atoms with Crippen molar-refractivity contribution in [2.45, 2.75) is 4.90 Å².